The molecule has 0 radical (unpaired) electrons. The number of rotatable bonds is 4. The van der Waals surface area contributed by atoms with Gasteiger partial charge in [-0.15, -0.1) is 0 Å². The number of allylic oxidation sites excluding steroid dienone is 1. The zero-order chi connectivity index (χ0) is 15.9. The zero-order valence-corrected chi connectivity index (χ0v) is 14.2. The van der Waals surface area contributed by atoms with Gasteiger partial charge in [0.15, 0.2) is 0 Å². The van der Waals surface area contributed by atoms with Gasteiger partial charge in [0, 0.05) is 12.6 Å². The van der Waals surface area contributed by atoms with E-state index in [1.54, 1.807) is 0 Å². The monoisotopic (exact) mass is 319 g/mol. The summed E-state index contributed by atoms with van der Waals surface area (Å²) in [5.74, 6) is 2.79. The number of carbonyl (C=O) groups excluding carboxylic acids is 1. The van der Waals surface area contributed by atoms with E-state index in [4.69, 9.17) is 9.47 Å². The standard InChI is InChI=1S/C19H29NO3/c1-13(4-18(21)20-11-17-12-22-2-3-23-17)19-8-14-5-15(9-19)7-16(6-14)10-19/h4,14-17H,2-3,5-12H2,1H3,(H,20,21). The van der Waals surface area contributed by atoms with E-state index in [1.165, 1.54) is 44.1 Å². The second-order valence-corrected chi connectivity index (χ2v) is 8.34. The molecule has 23 heavy (non-hydrogen) atoms. The molecule has 1 heterocycles. The van der Waals surface area contributed by atoms with Crippen molar-refractivity contribution in [3.63, 3.8) is 0 Å². The molecule has 4 nitrogen and oxygen atoms in total. The Labute approximate surface area is 139 Å². The summed E-state index contributed by atoms with van der Waals surface area (Å²) >= 11 is 0. The van der Waals surface area contributed by atoms with Gasteiger partial charge in [-0.25, -0.2) is 0 Å². The number of hydrogen-bond donors (Lipinski definition) is 1. The lowest BCUT2D eigenvalue weighted by Crippen LogP contribution is -2.47. The van der Waals surface area contributed by atoms with Crippen LogP contribution in [0.5, 0.6) is 0 Å². The molecule has 0 aromatic carbocycles. The van der Waals surface area contributed by atoms with Crippen LogP contribution in [0.1, 0.15) is 45.4 Å². The summed E-state index contributed by atoms with van der Waals surface area (Å²) in [4.78, 5) is 12.3. The summed E-state index contributed by atoms with van der Waals surface area (Å²) in [6.07, 6.45) is 10.1. The summed E-state index contributed by atoms with van der Waals surface area (Å²) < 4.78 is 10.9. The molecule has 4 saturated carbocycles. The number of nitrogens with one attached hydrogen (secondary N) is 1. The SMILES string of the molecule is CC(=CC(=O)NCC1COCCO1)C12CC3CC(CC(C3)C1)C2. The molecule has 1 N–H and O–H groups in total. The summed E-state index contributed by atoms with van der Waals surface area (Å²) in [5, 5.41) is 3.00. The van der Waals surface area contributed by atoms with Crippen LogP contribution < -0.4 is 5.32 Å². The molecule has 4 aliphatic carbocycles. The molecule has 5 rings (SSSR count). The molecular formula is C19H29NO3. The average molecular weight is 319 g/mol. The largest absolute Gasteiger partial charge is 0.376 e. The molecule has 128 valence electrons. The molecule has 1 aliphatic heterocycles. The maximum absolute atomic E-state index is 12.3. The molecule has 0 aromatic rings. The van der Waals surface area contributed by atoms with E-state index in [0.717, 1.165) is 17.8 Å². The van der Waals surface area contributed by atoms with E-state index in [1.807, 2.05) is 6.08 Å². The van der Waals surface area contributed by atoms with Gasteiger partial charge in [0.1, 0.15) is 0 Å². The maximum atomic E-state index is 12.3. The third kappa shape index (κ3) is 3.20. The van der Waals surface area contributed by atoms with E-state index in [9.17, 15) is 4.79 Å². The van der Waals surface area contributed by atoms with E-state index in [-0.39, 0.29) is 12.0 Å². The third-order valence-electron chi connectivity index (χ3n) is 6.61. The highest BCUT2D eigenvalue weighted by Gasteiger charge is 2.51. The number of ether oxygens (including phenoxy) is 2. The Balaban J connectivity index is 1.37. The lowest BCUT2D eigenvalue weighted by molar-refractivity contribution is -0.119. The van der Waals surface area contributed by atoms with E-state index in [2.05, 4.69) is 12.2 Å². The summed E-state index contributed by atoms with van der Waals surface area (Å²) in [5.41, 5.74) is 1.64. The van der Waals surface area contributed by atoms with Crippen LogP contribution in [0.4, 0.5) is 0 Å². The first-order valence-corrected chi connectivity index (χ1v) is 9.29. The second kappa shape index (κ2) is 6.21. The van der Waals surface area contributed by atoms with E-state index >= 15 is 0 Å². The Kier molecular flexibility index (Phi) is 4.22. The summed E-state index contributed by atoms with van der Waals surface area (Å²) in [6, 6.07) is 0. The molecule has 5 aliphatic rings. The van der Waals surface area contributed by atoms with Crippen molar-refractivity contribution < 1.29 is 14.3 Å². The predicted octanol–water partition coefficient (Wildman–Crippen LogP) is 2.68. The van der Waals surface area contributed by atoms with Gasteiger partial charge < -0.3 is 14.8 Å². The van der Waals surface area contributed by atoms with Crippen LogP contribution in [-0.4, -0.2) is 38.4 Å². The van der Waals surface area contributed by atoms with Crippen molar-refractivity contribution in [3.8, 4) is 0 Å². The van der Waals surface area contributed by atoms with Crippen molar-refractivity contribution in [2.75, 3.05) is 26.4 Å². The Hall–Kier alpha value is -0.870. The molecule has 5 fully saturated rings. The van der Waals surface area contributed by atoms with Gasteiger partial charge in [0.25, 0.3) is 0 Å². The number of amides is 1. The van der Waals surface area contributed by atoms with Crippen LogP contribution in [0.3, 0.4) is 0 Å². The molecule has 4 heteroatoms. The van der Waals surface area contributed by atoms with Gasteiger partial charge in [-0.3, -0.25) is 4.79 Å². The molecule has 4 bridgehead atoms. The van der Waals surface area contributed by atoms with Crippen molar-refractivity contribution in [3.05, 3.63) is 11.6 Å². The fraction of sp³-hybridized carbons (Fsp3) is 0.842. The van der Waals surface area contributed by atoms with Crippen LogP contribution in [0.25, 0.3) is 0 Å². The number of hydrogen-bond acceptors (Lipinski definition) is 3. The van der Waals surface area contributed by atoms with Crippen molar-refractivity contribution >= 4 is 5.91 Å². The van der Waals surface area contributed by atoms with Crippen molar-refractivity contribution in [2.45, 2.75) is 51.6 Å². The van der Waals surface area contributed by atoms with Crippen LogP contribution >= 0.6 is 0 Å². The van der Waals surface area contributed by atoms with Gasteiger partial charge in [-0.1, -0.05) is 5.57 Å². The van der Waals surface area contributed by atoms with E-state index in [0.29, 0.717) is 31.8 Å². The molecule has 1 saturated heterocycles. The molecule has 1 unspecified atom stereocenters. The quantitative estimate of drug-likeness (QED) is 0.811. The van der Waals surface area contributed by atoms with Crippen LogP contribution in [0, 0.1) is 23.2 Å². The van der Waals surface area contributed by atoms with Crippen LogP contribution in [-0.2, 0) is 14.3 Å². The Bertz CT molecular complexity index is 458. The van der Waals surface area contributed by atoms with Gasteiger partial charge in [-0.05, 0) is 68.6 Å². The first kappa shape index (κ1) is 15.6. The molecule has 1 amide bonds. The minimum atomic E-state index is 0.000885. The molecule has 0 aromatic heterocycles. The lowest BCUT2D eigenvalue weighted by atomic mass is 9.48. The van der Waals surface area contributed by atoms with Gasteiger partial charge in [0.05, 0.1) is 25.9 Å². The second-order valence-electron chi connectivity index (χ2n) is 8.34. The molecule has 1 atom stereocenters. The van der Waals surface area contributed by atoms with Crippen molar-refractivity contribution in [2.24, 2.45) is 23.2 Å². The highest BCUT2D eigenvalue weighted by Crippen LogP contribution is 2.62. The maximum Gasteiger partial charge on any atom is 0.244 e. The minimum absolute atomic E-state index is 0.000885. The minimum Gasteiger partial charge on any atom is -0.376 e. The van der Waals surface area contributed by atoms with Gasteiger partial charge >= 0.3 is 0 Å². The van der Waals surface area contributed by atoms with Gasteiger partial charge in [-0.2, -0.15) is 0 Å². The topological polar surface area (TPSA) is 47.6 Å². The summed E-state index contributed by atoms with van der Waals surface area (Å²) in [7, 11) is 0. The highest BCUT2D eigenvalue weighted by atomic mass is 16.6. The fourth-order valence-electron chi connectivity index (χ4n) is 5.86. The van der Waals surface area contributed by atoms with Crippen LogP contribution in [0.2, 0.25) is 0 Å². The average Bonchev–Trinajstić information content (AvgIpc) is 2.52. The van der Waals surface area contributed by atoms with Gasteiger partial charge in [0.2, 0.25) is 5.91 Å². The highest BCUT2D eigenvalue weighted by molar-refractivity contribution is 5.88. The lowest BCUT2D eigenvalue weighted by Gasteiger charge is -2.57. The smallest absolute Gasteiger partial charge is 0.244 e. The van der Waals surface area contributed by atoms with Crippen LogP contribution in [0.15, 0.2) is 11.6 Å². The Morgan fingerprint density at radius 2 is 1.78 bits per heavy atom. The van der Waals surface area contributed by atoms with E-state index < -0.39 is 0 Å². The summed E-state index contributed by atoms with van der Waals surface area (Å²) in [6.45, 7) is 4.60. The zero-order valence-electron chi connectivity index (χ0n) is 14.2. The first-order valence-electron chi connectivity index (χ1n) is 9.29. The Morgan fingerprint density at radius 3 is 2.35 bits per heavy atom. The fourth-order valence-corrected chi connectivity index (χ4v) is 5.86. The third-order valence-corrected chi connectivity index (χ3v) is 6.61. The van der Waals surface area contributed by atoms with Crippen molar-refractivity contribution in [1.29, 1.82) is 0 Å². The normalized spacial score (nSPS) is 42.7. The Morgan fingerprint density at radius 1 is 1.13 bits per heavy atom. The molecule has 0 spiro atoms. The van der Waals surface area contributed by atoms with Crippen molar-refractivity contribution in [1.82, 2.24) is 5.32 Å². The number of carbonyl (C=O) groups is 1. The first-order chi connectivity index (χ1) is 11.1. The predicted molar refractivity (Wildman–Crippen MR) is 87.9 cm³/mol. The molecular weight excluding hydrogens is 290 g/mol.